The van der Waals surface area contributed by atoms with Crippen LogP contribution in [0, 0.1) is 0 Å². The normalized spacial score (nSPS) is 12.2. The van der Waals surface area contributed by atoms with Gasteiger partial charge in [0.15, 0.2) is 5.69 Å². The molecule has 0 spiro atoms. The molecule has 2 heterocycles. The fraction of sp³-hybridized carbons (Fsp3) is 0.357. The highest BCUT2D eigenvalue weighted by molar-refractivity contribution is 9.10. The molecule has 1 atom stereocenters. The fourth-order valence-electron chi connectivity index (χ4n) is 1.95. The minimum absolute atomic E-state index is 0.240. The number of aliphatic hydroxyl groups is 1. The Bertz CT molecular complexity index is 654. The van der Waals surface area contributed by atoms with Gasteiger partial charge in [-0.1, -0.05) is 6.07 Å². The molecule has 0 aliphatic carbocycles. The molecule has 2 aromatic heterocycles. The zero-order valence-electron chi connectivity index (χ0n) is 12.1. The molecule has 112 valence electrons. The number of halogens is 1. The third-order valence-corrected chi connectivity index (χ3v) is 3.76. The van der Waals surface area contributed by atoms with E-state index >= 15 is 0 Å². The highest BCUT2D eigenvalue weighted by atomic mass is 79.9. The molecule has 1 amide bonds. The summed E-state index contributed by atoms with van der Waals surface area (Å²) in [5.74, 6) is -0.240. The Morgan fingerprint density at radius 3 is 2.76 bits per heavy atom. The molecule has 0 fully saturated rings. The lowest BCUT2D eigenvalue weighted by Crippen LogP contribution is -2.24. The molecule has 0 radical (unpaired) electrons. The van der Waals surface area contributed by atoms with E-state index in [-0.39, 0.29) is 11.6 Å². The van der Waals surface area contributed by atoms with Gasteiger partial charge in [0.2, 0.25) is 0 Å². The van der Waals surface area contributed by atoms with Crippen molar-refractivity contribution in [3.63, 3.8) is 0 Å². The standard InChI is InChI=1S/C14H17BrN4O2/c1-4-19-8-10(11(17-19)14(21)18(2)3)12(20)9-6-5-7-16-13(9)15/h5-8,12,20H,4H2,1-3H3. The zero-order chi connectivity index (χ0) is 15.6. The first-order chi connectivity index (χ1) is 9.95. The summed E-state index contributed by atoms with van der Waals surface area (Å²) in [6, 6.07) is 3.50. The van der Waals surface area contributed by atoms with Gasteiger partial charge in [-0.3, -0.25) is 9.48 Å². The Kier molecular flexibility index (Phi) is 4.74. The molecule has 2 aromatic rings. The van der Waals surface area contributed by atoms with Crippen LogP contribution in [-0.2, 0) is 6.54 Å². The second-order valence-corrected chi connectivity index (χ2v) is 5.53. The lowest BCUT2D eigenvalue weighted by molar-refractivity contribution is 0.0816. The minimum atomic E-state index is -0.965. The van der Waals surface area contributed by atoms with E-state index in [0.29, 0.717) is 22.3 Å². The van der Waals surface area contributed by atoms with Gasteiger partial charge >= 0.3 is 0 Å². The number of aromatic nitrogens is 3. The molecule has 1 N–H and O–H groups in total. The van der Waals surface area contributed by atoms with Gasteiger partial charge < -0.3 is 10.0 Å². The summed E-state index contributed by atoms with van der Waals surface area (Å²) in [5, 5.41) is 14.9. The predicted molar refractivity (Wildman–Crippen MR) is 81.9 cm³/mol. The summed E-state index contributed by atoms with van der Waals surface area (Å²) in [6.45, 7) is 2.54. The number of aliphatic hydroxyl groups excluding tert-OH is 1. The van der Waals surface area contributed by atoms with Gasteiger partial charge in [0.25, 0.3) is 5.91 Å². The third kappa shape index (κ3) is 3.14. The number of carbonyl (C=O) groups excluding carboxylic acids is 1. The lowest BCUT2D eigenvalue weighted by Gasteiger charge is -2.14. The average molecular weight is 353 g/mol. The summed E-state index contributed by atoms with van der Waals surface area (Å²) >= 11 is 3.31. The van der Waals surface area contributed by atoms with Crippen molar-refractivity contribution in [3.05, 3.63) is 46.0 Å². The Labute approximate surface area is 131 Å². The molecule has 0 saturated heterocycles. The summed E-state index contributed by atoms with van der Waals surface area (Å²) in [7, 11) is 3.31. The van der Waals surface area contributed by atoms with Crippen molar-refractivity contribution in [2.75, 3.05) is 14.1 Å². The van der Waals surface area contributed by atoms with E-state index in [9.17, 15) is 9.90 Å². The van der Waals surface area contributed by atoms with Crippen LogP contribution in [0.2, 0.25) is 0 Å². The summed E-state index contributed by atoms with van der Waals surface area (Å²) in [6.07, 6.45) is 2.36. The monoisotopic (exact) mass is 352 g/mol. The van der Waals surface area contributed by atoms with E-state index in [1.54, 1.807) is 43.3 Å². The van der Waals surface area contributed by atoms with Crippen molar-refractivity contribution in [3.8, 4) is 0 Å². The summed E-state index contributed by atoms with van der Waals surface area (Å²) in [4.78, 5) is 17.8. The molecule has 0 aromatic carbocycles. The van der Waals surface area contributed by atoms with Gasteiger partial charge in [-0.15, -0.1) is 0 Å². The van der Waals surface area contributed by atoms with Crippen LogP contribution in [0.1, 0.15) is 34.6 Å². The van der Waals surface area contributed by atoms with Crippen LogP contribution in [0.5, 0.6) is 0 Å². The van der Waals surface area contributed by atoms with Crippen molar-refractivity contribution in [2.45, 2.75) is 19.6 Å². The van der Waals surface area contributed by atoms with Crippen LogP contribution in [0.15, 0.2) is 29.1 Å². The van der Waals surface area contributed by atoms with Crippen molar-refractivity contribution in [1.82, 2.24) is 19.7 Å². The largest absolute Gasteiger partial charge is 0.383 e. The second-order valence-electron chi connectivity index (χ2n) is 4.77. The van der Waals surface area contributed by atoms with Crippen LogP contribution in [0.3, 0.4) is 0 Å². The van der Waals surface area contributed by atoms with Crippen molar-refractivity contribution >= 4 is 21.8 Å². The van der Waals surface area contributed by atoms with Crippen molar-refractivity contribution in [1.29, 1.82) is 0 Å². The van der Waals surface area contributed by atoms with E-state index in [1.807, 2.05) is 6.92 Å². The number of aryl methyl sites for hydroxylation is 1. The number of hydrogen-bond donors (Lipinski definition) is 1. The van der Waals surface area contributed by atoms with Crippen LogP contribution >= 0.6 is 15.9 Å². The maximum Gasteiger partial charge on any atom is 0.274 e. The number of hydrogen-bond acceptors (Lipinski definition) is 4. The molecule has 6 nitrogen and oxygen atoms in total. The smallest absolute Gasteiger partial charge is 0.274 e. The van der Waals surface area contributed by atoms with Crippen molar-refractivity contribution in [2.24, 2.45) is 0 Å². The van der Waals surface area contributed by atoms with Gasteiger partial charge in [0.05, 0.1) is 0 Å². The molecule has 1 unspecified atom stereocenters. The number of carbonyl (C=O) groups is 1. The highest BCUT2D eigenvalue weighted by Gasteiger charge is 2.25. The van der Waals surface area contributed by atoms with Crippen LogP contribution in [-0.4, -0.2) is 44.8 Å². The SMILES string of the molecule is CCn1cc(C(O)c2cccnc2Br)c(C(=O)N(C)C)n1. The topological polar surface area (TPSA) is 71.2 Å². The lowest BCUT2D eigenvalue weighted by atomic mass is 10.0. The number of rotatable bonds is 4. The molecule has 7 heteroatoms. The van der Waals surface area contributed by atoms with E-state index in [1.165, 1.54) is 4.90 Å². The Morgan fingerprint density at radius 2 is 2.19 bits per heavy atom. The molecule has 0 aliphatic rings. The predicted octanol–water partition coefficient (Wildman–Crippen LogP) is 1.84. The van der Waals surface area contributed by atoms with E-state index in [0.717, 1.165) is 0 Å². The molecule has 0 saturated carbocycles. The minimum Gasteiger partial charge on any atom is -0.383 e. The number of amides is 1. The first kappa shape index (κ1) is 15.7. The van der Waals surface area contributed by atoms with Gasteiger partial charge in [-0.05, 0) is 28.9 Å². The Hall–Kier alpha value is -1.73. The Balaban J connectivity index is 2.50. The highest BCUT2D eigenvalue weighted by Crippen LogP contribution is 2.29. The molecular weight excluding hydrogens is 336 g/mol. The Morgan fingerprint density at radius 1 is 1.48 bits per heavy atom. The van der Waals surface area contributed by atoms with Gasteiger partial charge in [-0.25, -0.2) is 4.98 Å². The van der Waals surface area contributed by atoms with E-state index < -0.39 is 6.10 Å². The molecule has 21 heavy (non-hydrogen) atoms. The third-order valence-electron chi connectivity index (χ3n) is 3.10. The van der Waals surface area contributed by atoms with E-state index in [4.69, 9.17) is 0 Å². The van der Waals surface area contributed by atoms with Gasteiger partial charge in [-0.2, -0.15) is 5.10 Å². The summed E-state index contributed by atoms with van der Waals surface area (Å²) in [5.41, 5.74) is 1.33. The quantitative estimate of drug-likeness (QED) is 0.852. The zero-order valence-corrected chi connectivity index (χ0v) is 13.7. The summed E-state index contributed by atoms with van der Waals surface area (Å²) < 4.78 is 2.18. The molecule has 2 rings (SSSR count). The average Bonchev–Trinajstić information content (AvgIpc) is 2.90. The van der Waals surface area contributed by atoms with Gasteiger partial charge in [0, 0.05) is 44.2 Å². The first-order valence-electron chi connectivity index (χ1n) is 6.53. The number of pyridine rings is 1. The number of nitrogens with zero attached hydrogens (tertiary/aromatic N) is 4. The second kappa shape index (κ2) is 6.36. The first-order valence-corrected chi connectivity index (χ1v) is 7.32. The van der Waals surface area contributed by atoms with Crippen LogP contribution < -0.4 is 0 Å². The maximum absolute atomic E-state index is 12.2. The maximum atomic E-state index is 12.2. The molecular formula is C14H17BrN4O2. The van der Waals surface area contributed by atoms with E-state index in [2.05, 4.69) is 26.0 Å². The van der Waals surface area contributed by atoms with Crippen LogP contribution in [0.4, 0.5) is 0 Å². The van der Waals surface area contributed by atoms with Gasteiger partial charge in [0.1, 0.15) is 10.7 Å². The molecule has 0 bridgehead atoms. The van der Waals surface area contributed by atoms with Crippen molar-refractivity contribution < 1.29 is 9.90 Å². The molecule has 0 aliphatic heterocycles. The van der Waals surface area contributed by atoms with Crippen LogP contribution in [0.25, 0.3) is 0 Å². The fourth-order valence-corrected chi connectivity index (χ4v) is 2.41.